The van der Waals surface area contributed by atoms with Gasteiger partial charge in [0.2, 0.25) is 5.82 Å². The number of hydrogen-bond acceptors (Lipinski definition) is 5. The second-order valence-electron chi connectivity index (χ2n) is 7.54. The highest BCUT2D eigenvalue weighted by molar-refractivity contribution is 6.36. The maximum absolute atomic E-state index is 13.0. The molecule has 1 aromatic heterocycles. The number of carbonyl (C=O) groups excluding carboxylic acids is 1. The number of aromatic nitrogens is 3. The molecule has 3 aromatic rings. The Balaban J connectivity index is 1.62. The molecule has 32 heavy (non-hydrogen) atoms. The number of rotatable bonds is 6. The van der Waals surface area contributed by atoms with Gasteiger partial charge in [-0.2, -0.15) is 0 Å². The van der Waals surface area contributed by atoms with Crippen LogP contribution in [0.3, 0.4) is 0 Å². The van der Waals surface area contributed by atoms with Gasteiger partial charge in [-0.25, -0.2) is 14.7 Å². The lowest BCUT2D eigenvalue weighted by Gasteiger charge is -2.34. The van der Waals surface area contributed by atoms with Gasteiger partial charge in [-0.15, -0.1) is 5.10 Å². The monoisotopic (exact) mass is 492 g/mol. The number of piperazine rings is 1. The van der Waals surface area contributed by atoms with Gasteiger partial charge in [-0.3, -0.25) is 10.2 Å². The highest BCUT2D eigenvalue weighted by atomic mass is 35.5. The van der Waals surface area contributed by atoms with Crippen molar-refractivity contribution in [1.29, 1.82) is 0 Å². The molecular formula is C22H23Cl3N6O. The van der Waals surface area contributed by atoms with Crippen molar-refractivity contribution in [3.8, 4) is 17.1 Å². The molecule has 1 aliphatic rings. The van der Waals surface area contributed by atoms with E-state index in [4.69, 9.17) is 34.8 Å². The third-order valence-electron chi connectivity index (χ3n) is 5.23. The fourth-order valence-electron chi connectivity index (χ4n) is 3.61. The number of benzene rings is 2. The van der Waals surface area contributed by atoms with Crippen molar-refractivity contribution in [3.05, 3.63) is 63.4 Å². The van der Waals surface area contributed by atoms with E-state index in [0.29, 0.717) is 32.1 Å². The molecule has 2 heterocycles. The predicted molar refractivity (Wildman–Crippen MR) is 128 cm³/mol. The zero-order chi connectivity index (χ0) is 22.7. The summed E-state index contributed by atoms with van der Waals surface area (Å²) in [6.45, 7) is 6.55. The molecule has 0 unspecified atom stereocenters. The van der Waals surface area contributed by atoms with Gasteiger partial charge in [-0.1, -0.05) is 41.7 Å². The number of nitrogens with one attached hydrogen (secondary N) is 1. The van der Waals surface area contributed by atoms with Gasteiger partial charge in [0.05, 0.1) is 10.7 Å². The number of amides is 1. The van der Waals surface area contributed by atoms with E-state index in [9.17, 15) is 4.79 Å². The quantitative estimate of drug-likeness (QED) is 0.545. The first-order valence-electron chi connectivity index (χ1n) is 10.4. The van der Waals surface area contributed by atoms with E-state index < -0.39 is 0 Å². The van der Waals surface area contributed by atoms with Crippen LogP contribution in [0.2, 0.25) is 15.1 Å². The molecule has 10 heteroatoms. The van der Waals surface area contributed by atoms with Crippen molar-refractivity contribution in [2.75, 3.05) is 32.7 Å². The Labute approximate surface area is 201 Å². The number of halogens is 3. The first-order chi connectivity index (χ1) is 15.4. The normalized spacial score (nSPS) is 15.1. The molecule has 1 N–H and O–H groups in total. The standard InChI is InChI=1S/C22H23Cl3N6O/c1-2-9-29-10-12-30(13-11-29)28-22(32)20-26-21(18-8-5-16(24)14-19(18)25)31(27-20)17-6-3-15(23)4-7-17/h3-8,14H,2,9-13H2,1H3,(H,28,32). The minimum atomic E-state index is -0.368. The molecule has 2 aromatic carbocycles. The summed E-state index contributed by atoms with van der Waals surface area (Å²) in [7, 11) is 0. The minimum Gasteiger partial charge on any atom is -0.301 e. The van der Waals surface area contributed by atoms with E-state index in [1.807, 2.05) is 5.01 Å². The Bertz CT molecular complexity index is 1090. The summed E-state index contributed by atoms with van der Waals surface area (Å²) < 4.78 is 1.58. The van der Waals surface area contributed by atoms with Gasteiger partial charge in [0, 0.05) is 41.8 Å². The average molecular weight is 494 g/mol. The van der Waals surface area contributed by atoms with Crippen LogP contribution in [0.4, 0.5) is 0 Å². The molecular weight excluding hydrogens is 471 g/mol. The SMILES string of the molecule is CCCN1CCN(NC(=O)c2nc(-c3ccc(Cl)cc3Cl)n(-c3ccc(Cl)cc3)n2)CC1. The molecule has 0 atom stereocenters. The van der Waals surface area contributed by atoms with E-state index in [1.165, 1.54) is 0 Å². The highest BCUT2D eigenvalue weighted by Gasteiger charge is 2.23. The largest absolute Gasteiger partial charge is 0.305 e. The average Bonchev–Trinajstić information content (AvgIpc) is 3.21. The summed E-state index contributed by atoms with van der Waals surface area (Å²) in [6.07, 6.45) is 1.12. The van der Waals surface area contributed by atoms with Gasteiger partial charge < -0.3 is 4.90 Å². The molecule has 4 rings (SSSR count). The van der Waals surface area contributed by atoms with Crippen LogP contribution in [0.5, 0.6) is 0 Å². The van der Waals surface area contributed by atoms with Gasteiger partial charge in [-0.05, 0) is 55.4 Å². The van der Waals surface area contributed by atoms with Crippen molar-refractivity contribution < 1.29 is 4.79 Å². The molecule has 0 bridgehead atoms. The Morgan fingerprint density at radius 1 is 1.00 bits per heavy atom. The molecule has 1 fully saturated rings. The van der Waals surface area contributed by atoms with Crippen molar-refractivity contribution in [3.63, 3.8) is 0 Å². The smallest absolute Gasteiger partial charge is 0.301 e. The summed E-state index contributed by atoms with van der Waals surface area (Å²) in [4.78, 5) is 19.9. The Kier molecular flexibility index (Phi) is 7.33. The second-order valence-corrected chi connectivity index (χ2v) is 8.82. The van der Waals surface area contributed by atoms with Crippen LogP contribution >= 0.6 is 34.8 Å². The molecule has 7 nitrogen and oxygen atoms in total. The minimum absolute atomic E-state index is 0.0527. The lowest BCUT2D eigenvalue weighted by Crippen LogP contribution is -2.53. The van der Waals surface area contributed by atoms with Crippen LogP contribution in [0.15, 0.2) is 42.5 Å². The third kappa shape index (κ3) is 5.24. The lowest BCUT2D eigenvalue weighted by atomic mass is 10.2. The van der Waals surface area contributed by atoms with Gasteiger partial charge in [0.1, 0.15) is 0 Å². The fraction of sp³-hybridized carbons (Fsp3) is 0.318. The molecule has 168 valence electrons. The van der Waals surface area contributed by atoms with Crippen LogP contribution in [-0.2, 0) is 0 Å². The van der Waals surface area contributed by atoms with Crippen molar-refractivity contribution in [2.45, 2.75) is 13.3 Å². The second kappa shape index (κ2) is 10.2. The number of hydrazine groups is 1. The lowest BCUT2D eigenvalue weighted by molar-refractivity contribution is 0.0611. The Morgan fingerprint density at radius 3 is 2.34 bits per heavy atom. The summed E-state index contributed by atoms with van der Waals surface area (Å²) >= 11 is 18.5. The molecule has 1 amide bonds. The van der Waals surface area contributed by atoms with Crippen LogP contribution in [0.25, 0.3) is 17.1 Å². The summed E-state index contributed by atoms with van der Waals surface area (Å²) in [5.74, 6) is 0.122. The van der Waals surface area contributed by atoms with E-state index in [2.05, 4.69) is 27.3 Å². The Morgan fingerprint density at radius 2 is 1.69 bits per heavy atom. The molecule has 0 radical (unpaired) electrons. The van der Waals surface area contributed by atoms with Crippen LogP contribution in [0, 0.1) is 0 Å². The van der Waals surface area contributed by atoms with Gasteiger partial charge in [0.25, 0.3) is 0 Å². The van der Waals surface area contributed by atoms with E-state index >= 15 is 0 Å². The molecule has 0 aliphatic carbocycles. The van der Waals surface area contributed by atoms with Gasteiger partial charge in [0.15, 0.2) is 5.82 Å². The molecule has 0 saturated carbocycles. The maximum atomic E-state index is 13.0. The summed E-state index contributed by atoms with van der Waals surface area (Å²) in [6, 6.07) is 12.2. The highest BCUT2D eigenvalue weighted by Crippen LogP contribution is 2.31. The van der Waals surface area contributed by atoms with Crippen LogP contribution in [-0.4, -0.2) is 63.3 Å². The van der Waals surface area contributed by atoms with Crippen molar-refractivity contribution in [1.82, 2.24) is 30.1 Å². The zero-order valence-corrected chi connectivity index (χ0v) is 19.8. The topological polar surface area (TPSA) is 66.3 Å². The van der Waals surface area contributed by atoms with Crippen molar-refractivity contribution >= 4 is 40.7 Å². The first kappa shape index (κ1) is 23.0. The number of carbonyl (C=O) groups is 1. The van der Waals surface area contributed by atoms with E-state index in [1.54, 1.807) is 47.1 Å². The summed E-state index contributed by atoms with van der Waals surface area (Å²) in [5, 5.41) is 7.91. The fourth-order valence-corrected chi connectivity index (χ4v) is 4.23. The van der Waals surface area contributed by atoms with Crippen molar-refractivity contribution in [2.24, 2.45) is 0 Å². The molecule has 0 spiro atoms. The van der Waals surface area contributed by atoms with Gasteiger partial charge >= 0.3 is 5.91 Å². The van der Waals surface area contributed by atoms with Crippen LogP contribution < -0.4 is 5.43 Å². The maximum Gasteiger partial charge on any atom is 0.305 e. The third-order valence-corrected chi connectivity index (χ3v) is 6.03. The summed E-state index contributed by atoms with van der Waals surface area (Å²) in [5.41, 5.74) is 4.25. The van der Waals surface area contributed by atoms with E-state index in [0.717, 1.165) is 39.1 Å². The van der Waals surface area contributed by atoms with E-state index in [-0.39, 0.29) is 11.7 Å². The first-order valence-corrected chi connectivity index (χ1v) is 11.5. The number of nitrogens with zero attached hydrogens (tertiary/aromatic N) is 5. The zero-order valence-electron chi connectivity index (χ0n) is 17.6. The molecule has 1 saturated heterocycles. The predicted octanol–water partition coefficient (Wildman–Crippen LogP) is 4.57. The van der Waals surface area contributed by atoms with Crippen LogP contribution in [0.1, 0.15) is 24.0 Å². The molecule has 1 aliphatic heterocycles. The number of hydrogen-bond donors (Lipinski definition) is 1. The Hall–Kier alpha value is -2.16.